The standard InChI is InChI=1S/C31H24N2O3S/c1-3-36-30(35)27-19(2)32-31-33(28(27)20-11-5-4-6-12-20)29(34)26(37-31)18-25-23-15-9-7-13-21(23)17-22-14-8-10-16-24(22)25/h4-18,28H,3H2,1-2H3. The van der Waals surface area contributed by atoms with E-state index in [1.54, 1.807) is 18.4 Å². The molecule has 5 nitrogen and oxygen atoms in total. The average Bonchev–Trinajstić information content (AvgIpc) is 3.22. The summed E-state index contributed by atoms with van der Waals surface area (Å²) in [6, 6.07) is 27.6. The molecular weight excluding hydrogens is 480 g/mol. The molecule has 0 fully saturated rings. The van der Waals surface area contributed by atoms with Gasteiger partial charge in [0.15, 0.2) is 4.80 Å². The van der Waals surface area contributed by atoms with E-state index in [1.165, 1.54) is 11.3 Å². The first-order valence-corrected chi connectivity index (χ1v) is 13.0. The van der Waals surface area contributed by atoms with Crippen LogP contribution in [0.3, 0.4) is 0 Å². The number of allylic oxidation sites excluding steroid dienone is 1. The second-order valence-corrected chi connectivity index (χ2v) is 9.95. The number of hydrogen-bond acceptors (Lipinski definition) is 5. The SMILES string of the molecule is CCOC(=O)C1=C(C)N=c2sc(=Cc3c4ccccc4cc4ccccc34)c(=O)n2C1c1ccccc1. The summed E-state index contributed by atoms with van der Waals surface area (Å²) in [5.74, 6) is -0.452. The number of nitrogens with zero attached hydrogens (tertiary/aromatic N) is 2. The summed E-state index contributed by atoms with van der Waals surface area (Å²) in [6.45, 7) is 3.82. The third kappa shape index (κ3) is 3.90. The third-order valence-electron chi connectivity index (χ3n) is 6.72. The molecule has 0 radical (unpaired) electrons. The van der Waals surface area contributed by atoms with Gasteiger partial charge in [-0.3, -0.25) is 9.36 Å². The lowest BCUT2D eigenvalue weighted by Crippen LogP contribution is -2.39. The highest BCUT2D eigenvalue weighted by atomic mass is 32.1. The van der Waals surface area contributed by atoms with Crippen LogP contribution in [0.5, 0.6) is 0 Å². The molecular formula is C31H24N2O3S. The molecule has 1 aromatic heterocycles. The molecule has 0 bridgehead atoms. The largest absolute Gasteiger partial charge is 0.463 e. The Balaban J connectivity index is 1.64. The van der Waals surface area contributed by atoms with Gasteiger partial charge in [0.2, 0.25) is 0 Å². The molecule has 6 heteroatoms. The van der Waals surface area contributed by atoms with E-state index in [1.807, 2.05) is 60.7 Å². The van der Waals surface area contributed by atoms with E-state index < -0.39 is 12.0 Å². The molecule has 1 aliphatic heterocycles. The Labute approximate surface area is 217 Å². The molecule has 4 aromatic carbocycles. The number of benzene rings is 4. The minimum absolute atomic E-state index is 0.177. The number of rotatable bonds is 4. The van der Waals surface area contributed by atoms with Crippen LogP contribution >= 0.6 is 11.3 Å². The maximum absolute atomic E-state index is 14.0. The van der Waals surface area contributed by atoms with E-state index in [0.29, 0.717) is 20.6 Å². The van der Waals surface area contributed by atoms with Crippen LogP contribution in [0, 0.1) is 0 Å². The maximum atomic E-state index is 14.0. The summed E-state index contributed by atoms with van der Waals surface area (Å²) < 4.78 is 7.59. The summed E-state index contributed by atoms with van der Waals surface area (Å²) in [5.41, 5.74) is 2.61. The van der Waals surface area contributed by atoms with E-state index in [9.17, 15) is 9.59 Å². The van der Waals surface area contributed by atoms with Crippen molar-refractivity contribution in [1.82, 2.24) is 4.57 Å². The number of carbonyl (C=O) groups is 1. The van der Waals surface area contributed by atoms with Gasteiger partial charge in [0.25, 0.3) is 5.56 Å². The normalized spacial score (nSPS) is 15.6. The molecule has 0 spiro atoms. The summed E-state index contributed by atoms with van der Waals surface area (Å²) in [5, 5.41) is 4.38. The van der Waals surface area contributed by atoms with Gasteiger partial charge in [-0.25, -0.2) is 9.79 Å². The quantitative estimate of drug-likeness (QED) is 0.253. The fourth-order valence-corrected chi connectivity index (χ4v) is 6.11. The van der Waals surface area contributed by atoms with Gasteiger partial charge in [-0.15, -0.1) is 0 Å². The molecule has 1 aliphatic rings. The Bertz CT molecular complexity index is 1840. The number of fused-ring (bicyclic) bond motifs is 3. The second-order valence-electron chi connectivity index (χ2n) is 8.95. The zero-order chi connectivity index (χ0) is 25.5. The first-order chi connectivity index (χ1) is 18.1. The minimum atomic E-state index is -0.608. The molecule has 6 rings (SSSR count). The molecule has 37 heavy (non-hydrogen) atoms. The molecule has 0 saturated carbocycles. The molecule has 1 atom stereocenters. The van der Waals surface area contributed by atoms with E-state index in [4.69, 9.17) is 9.73 Å². The zero-order valence-electron chi connectivity index (χ0n) is 20.5. The number of ether oxygens (including phenoxy) is 1. The van der Waals surface area contributed by atoms with Crippen LogP contribution in [-0.2, 0) is 9.53 Å². The van der Waals surface area contributed by atoms with E-state index in [0.717, 1.165) is 32.7 Å². The second kappa shape index (κ2) is 9.30. The monoisotopic (exact) mass is 504 g/mol. The van der Waals surface area contributed by atoms with Crippen LogP contribution in [0.25, 0.3) is 27.6 Å². The highest BCUT2D eigenvalue weighted by Crippen LogP contribution is 2.31. The predicted octanol–water partition coefficient (Wildman–Crippen LogP) is 5.10. The Hall–Kier alpha value is -4.29. The van der Waals surface area contributed by atoms with Gasteiger partial charge < -0.3 is 4.74 Å². The van der Waals surface area contributed by atoms with Crippen LogP contribution in [0.4, 0.5) is 0 Å². The van der Waals surface area contributed by atoms with E-state index in [-0.39, 0.29) is 12.2 Å². The number of aromatic nitrogens is 1. The van der Waals surface area contributed by atoms with Crippen LogP contribution < -0.4 is 14.9 Å². The fourth-order valence-electron chi connectivity index (χ4n) is 5.08. The van der Waals surface area contributed by atoms with E-state index >= 15 is 0 Å². The van der Waals surface area contributed by atoms with Crippen molar-refractivity contribution in [2.75, 3.05) is 6.61 Å². The van der Waals surface area contributed by atoms with Crippen molar-refractivity contribution < 1.29 is 9.53 Å². The first-order valence-electron chi connectivity index (χ1n) is 12.2. The number of esters is 1. The highest BCUT2D eigenvalue weighted by Gasteiger charge is 2.33. The Morgan fingerprint density at radius 1 is 0.973 bits per heavy atom. The van der Waals surface area contributed by atoms with Crippen LogP contribution in [0.2, 0.25) is 0 Å². The summed E-state index contributed by atoms with van der Waals surface area (Å²) in [4.78, 5) is 32.3. The number of thiazole rings is 1. The van der Waals surface area contributed by atoms with Crippen molar-refractivity contribution in [2.24, 2.45) is 4.99 Å². The molecule has 182 valence electrons. The molecule has 0 amide bonds. The van der Waals surface area contributed by atoms with Crippen LogP contribution in [0.1, 0.15) is 31.0 Å². The summed E-state index contributed by atoms with van der Waals surface area (Å²) >= 11 is 1.35. The molecule has 0 N–H and O–H groups in total. The molecule has 1 unspecified atom stereocenters. The lowest BCUT2D eigenvalue weighted by molar-refractivity contribution is -0.139. The minimum Gasteiger partial charge on any atom is -0.463 e. The Morgan fingerprint density at radius 2 is 1.59 bits per heavy atom. The van der Waals surface area contributed by atoms with E-state index in [2.05, 4.69) is 30.3 Å². The smallest absolute Gasteiger partial charge is 0.338 e. The summed E-state index contributed by atoms with van der Waals surface area (Å²) in [7, 11) is 0. The third-order valence-corrected chi connectivity index (χ3v) is 7.70. The van der Waals surface area contributed by atoms with Crippen molar-refractivity contribution in [1.29, 1.82) is 0 Å². The fraction of sp³-hybridized carbons (Fsp3) is 0.129. The molecule has 0 saturated heterocycles. The highest BCUT2D eigenvalue weighted by molar-refractivity contribution is 7.07. The van der Waals surface area contributed by atoms with Crippen molar-refractivity contribution in [3.05, 3.63) is 127 Å². The van der Waals surface area contributed by atoms with Crippen molar-refractivity contribution in [2.45, 2.75) is 19.9 Å². The predicted molar refractivity (Wildman–Crippen MR) is 148 cm³/mol. The number of carbonyl (C=O) groups excluding carboxylic acids is 1. The van der Waals surface area contributed by atoms with Gasteiger partial charge in [-0.1, -0.05) is 90.2 Å². The Kier molecular flexibility index (Phi) is 5.81. The van der Waals surface area contributed by atoms with Gasteiger partial charge >= 0.3 is 5.97 Å². The van der Waals surface area contributed by atoms with Gasteiger partial charge in [0.1, 0.15) is 0 Å². The Morgan fingerprint density at radius 3 is 2.24 bits per heavy atom. The van der Waals surface area contributed by atoms with Crippen molar-refractivity contribution in [3.63, 3.8) is 0 Å². The average molecular weight is 505 g/mol. The lowest BCUT2D eigenvalue weighted by atomic mass is 9.96. The zero-order valence-corrected chi connectivity index (χ0v) is 21.3. The van der Waals surface area contributed by atoms with Gasteiger partial charge in [-0.2, -0.15) is 0 Å². The van der Waals surface area contributed by atoms with Crippen LogP contribution in [0.15, 0.2) is 106 Å². The van der Waals surface area contributed by atoms with Crippen molar-refractivity contribution >= 4 is 44.9 Å². The molecule has 5 aromatic rings. The van der Waals surface area contributed by atoms with Crippen LogP contribution in [-0.4, -0.2) is 17.1 Å². The topological polar surface area (TPSA) is 60.7 Å². The van der Waals surface area contributed by atoms with Gasteiger partial charge in [0.05, 0.1) is 28.5 Å². The molecule has 0 aliphatic carbocycles. The molecule has 2 heterocycles. The summed E-state index contributed by atoms with van der Waals surface area (Å²) in [6.07, 6.45) is 1.97. The van der Waals surface area contributed by atoms with Gasteiger partial charge in [-0.05, 0) is 58.7 Å². The van der Waals surface area contributed by atoms with Gasteiger partial charge in [0, 0.05) is 0 Å². The lowest BCUT2D eigenvalue weighted by Gasteiger charge is -2.24. The maximum Gasteiger partial charge on any atom is 0.338 e. The number of hydrogen-bond donors (Lipinski definition) is 0. The van der Waals surface area contributed by atoms with Crippen molar-refractivity contribution in [3.8, 4) is 0 Å². The first kappa shape index (κ1) is 23.1.